The van der Waals surface area contributed by atoms with Crippen molar-refractivity contribution in [3.63, 3.8) is 0 Å². The van der Waals surface area contributed by atoms with Gasteiger partial charge in [-0.05, 0) is 61.9 Å². The molecule has 0 saturated heterocycles. The first-order valence-corrected chi connectivity index (χ1v) is 13.3. The number of carbonyl (C=O) groups excluding carboxylic acids is 2. The summed E-state index contributed by atoms with van der Waals surface area (Å²) >= 11 is 0. The monoisotopic (exact) mass is 498 g/mol. The van der Waals surface area contributed by atoms with Gasteiger partial charge in [0, 0.05) is 19.0 Å². The zero-order chi connectivity index (χ0) is 26.2. The van der Waals surface area contributed by atoms with Crippen molar-refractivity contribution < 1.29 is 14.3 Å². The molecule has 0 bridgehead atoms. The molecule has 1 atom stereocenters. The van der Waals surface area contributed by atoms with Crippen molar-refractivity contribution in [1.29, 1.82) is 0 Å². The van der Waals surface area contributed by atoms with Crippen molar-refractivity contribution in [3.05, 3.63) is 101 Å². The number of amides is 2. The molecule has 0 aliphatic heterocycles. The van der Waals surface area contributed by atoms with E-state index in [1.165, 1.54) is 0 Å². The first-order valence-electron chi connectivity index (χ1n) is 13.3. The van der Waals surface area contributed by atoms with Crippen LogP contribution in [0.1, 0.15) is 53.5 Å². The molecule has 1 aliphatic carbocycles. The van der Waals surface area contributed by atoms with E-state index in [1.54, 1.807) is 4.90 Å². The van der Waals surface area contributed by atoms with E-state index in [4.69, 9.17) is 4.74 Å². The van der Waals surface area contributed by atoms with Crippen LogP contribution in [0, 0.1) is 20.8 Å². The second-order valence-corrected chi connectivity index (χ2v) is 10.2. The van der Waals surface area contributed by atoms with E-state index in [0.717, 1.165) is 53.5 Å². The van der Waals surface area contributed by atoms with Gasteiger partial charge in [0.05, 0.1) is 0 Å². The molecule has 37 heavy (non-hydrogen) atoms. The van der Waals surface area contributed by atoms with Crippen LogP contribution in [-0.2, 0) is 22.6 Å². The summed E-state index contributed by atoms with van der Waals surface area (Å²) in [5, 5.41) is 3.25. The predicted octanol–water partition coefficient (Wildman–Crippen LogP) is 5.69. The Kier molecular flexibility index (Phi) is 8.99. The highest BCUT2D eigenvalue weighted by molar-refractivity contribution is 5.88. The lowest BCUT2D eigenvalue weighted by molar-refractivity contribution is -0.143. The third-order valence-corrected chi connectivity index (χ3v) is 7.31. The van der Waals surface area contributed by atoms with Crippen LogP contribution in [0.5, 0.6) is 5.75 Å². The second-order valence-electron chi connectivity index (χ2n) is 10.2. The number of aryl methyl sites for hydroxylation is 2. The average molecular weight is 499 g/mol. The number of hydrogen-bond donors (Lipinski definition) is 1. The van der Waals surface area contributed by atoms with Crippen molar-refractivity contribution in [3.8, 4) is 5.75 Å². The third kappa shape index (κ3) is 7.22. The Hall–Kier alpha value is -3.60. The van der Waals surface area contributed by atoms with Crippen LogP contribution in [0.25, 0.3) is 0 Å². The summed E-state index contributed by atoms with van der Waals surface area (Å²) < 4.78 is 6.01. The fourth-order valence-corrected chi connectivity index (χ4v) is 5.03. The van der Waals surface area contributed by atoms with E-state index in [1.807, 2.05) is 87.5 Å². The van der Waals surface area contributed by atoms with E-state index in [-0.39, 0.29) is 24.5 Å². The van der Waals surface area contributed by atoms with Crippen LogP contribution in [0.4, 0.5) is 0 Å². The van der Waals surface area contributed by atoms with E-state index in [9.17, 15) is 9.59 Å². The van der Waals surface area contributed by atoms with Gasteiger partial charge < -0.3 is 15.0 Å². The maximum absolute atomic E-state index is 13.8. The molecular formula is C32H38N2O3. The lowest BCUT2D eigenvalue weighted by Gasteiger charge is -2.32. The van der Waals surface area contributed by atoms with Crippen LogP contribution in [-0.4, -0.2) is 35.4 Å². The summed E-state index contributed by atoms with van der Waals surface area (Å²) in [7, 11) is 0. The standard InChI is InChI=1S/C32H38N2O3/c1-23-11-9-15-27(19-23)21-34(31(35)22-37-30-18-10-12-24(2)25(30)3)29(20-26-13-5-4-6-14-26)32(36)33-28-16-7-8-17-28/h4-6,9-15,18-19,28-29H,7-8,16-17,20-22H2,1-3H3,(H,33,36)/t29-/m0/s1. The molecule has 1 aliphatic rings. The minimum Gasteiger partial charge on any atom is -0.483 e. The number of ether oxygens (including phenoxy) is 1. The van der Waals surface area contributed by atoms with Gasteiger partial charge in [0.15, 0.2) is 6.61 Å². The summed E-state index contributed by atoms with van der Waals surface area (Å²) in [6.45, 7) is 6.27. The summed E-state index contributed by atoms with van der Waals surface area (Å²) in [5.74, 6) is 0.396. The Balaban J connectivity index is 1.62. The van der Waals surface area contributed by atoms with Gasteiger partial charge in [0.25, 0.3) is 5.91 Å². The largest absolute Gasteiger partial charge is 0.483 e. The van der Waals surface area contributed by atoms with E-state index < -0.39 is 6.04 Å². The fraction of sp³-hybridized carbons (Fsp3) is 0.375. The van der Waals surface area contributed by atoms with Gasteiger partial charge in [0.1, 0.15) is 11.8 Å². The Morgan fingerprint density at radius 2 is 1.62 bits per heavy atom. The lowest BCUT2D eigenvalue weighted by Crippen LogP contribution is -2.53. The summed E-state index contributed by atoms with van der Waals surface area (Å²) in [4.78, 5) is 29.2. The number of rotatable bonds is 10. The van der Waals surface area contributed by atoms with Crippen LogP contribution in [0.2, 0.25) is 0 Å². The zero-order valence-electron chi connectivity index (χ0n) is 22.2. The molecule has 2 amide bonds. The Morgan fingerprint density at radius 1 is 0.919 bits per heavy atom. The molecule has 0 heterocycles. The van der Waals surface area contributed by atoms with Gasteiger partial charge in [-0.15, -0.1) is 0 Å². The number of nitrogens with zero attached hydrogens (tertiary/aromatic N) is 1. The van der Waals surface area contributed by atoms with Crippen LogP contribution in [0.15, 0.2) is 72.8 Å². The molecule has 5 nitrogen and oxygen atoms in total. The molecule has 4 rings (SSSR count). The maximum Gasteiger partial charge on any atom is 0.261 e. The molecule has 194 valence electrons. The SMILES string of the molecule is Cc1cccc(CN(C(=O)COc2cccc(C)c2C)[C@@H](Cc2ccccc2)C(=O)NC2CCCC2)c1. The molecular weight excluding hydrogens is 460 g/mol. The Bertz CT molecular complexity index is 1200. The summed E-state index contributed by atoms with van der Waals surface area (Å²) in [6.07, 6.45) is 4.69. The smallest absolute Gasteiger partial charge is 0.261 e. The van der Waals surface area contributed by atoms with Crippen molar-refractivity contribution >= 4 is 11.8 Å². The maximum atomic E-state index is 13.8. The Labute approximate surface area is 220 Å². The highest BCUT2D eigenvalue weighted by atomic mass is 16.5. The van der Waals surface area contributed by atoms with Crippen molar-refractivity contribution in [2.75, 3.05) is 6.61 Å². The Morgan fingerprint density at radius 3 is 2.35 bits per heavy atom. The highest BCUT2D eigenvalue weighted by Crippen LogP contribution is 2.22. The van der Waals surface area contributed by atoms with Crippen LogP contribution in [0.3, 0.4) is 0 Å². The molecule has 3 aromatic rings. The third-order valence-electron chi connectivity index (χ3n) is 7.31. The molecule has 0 aromatic heterocycles. The van der Waals surface area contributed by atoms with Crippen LogP contribution >= 0.6 is 0 Å². The van der Waals surface area contributed by atoms with Gasteiger partial charge in [-0.1, -0.05) is 85.1 Å². The second kappa shape index (κ2) is 12.6. The van der Waals surface area contributed by atoms with Gasteiger partial charge in [-0.2, -0.15) is 0 Å². The molecule has 1 fully saturated rings. The van der Waals surface area contributed by atoms with Crippen LogP contribution < -0.4 is 10.1 Å². The first-order chi connectivity index (χ1) is 17.9. The minimum absolute atomic E-state index is 0.0940. The molecule has 1 saturated carbocycles. The van der Waals surface area contributed by atoms with Crippen molar-refractivity contribution in [2.24, 2.45) is 0 Å². The topological polar surface area (TPSA) is 58.6 Å². The lowest BCUT2D eigenvalue weighted by atomic mass is 10.0. The molecule has 0 radical (unpaired) electrons. The zero-order valence-corrected chi connectivity index (χ0v) is 22.2. The summed E-state index contributed by atoms with van der Waals surface area (Å²) in [5.41, 5.74) is 5.25. The van der Waals surface area contributed by atoms with Gasteiger partial charge in [0.2, 0.25) is 5.91 Å². The van der Waals surface area contributed by atoms with Gasteiger partial charge in [-0.25, -0.2) is 0 Å². The molecule has 0 unspecified atom stereocenters. The van der Waals surface area contributed by atoms with E-state index >= 15 is 0 Å². The van der Waals surface area contributed by atoms with E-state index in [2.05, 4.69) is 11.4 Å². The van der Waals surface area contributed by atoms with Crippen molar-refractivity contribution in [1.82, 2.24) is 10.2 Å². The molecule has 3 aromatic carbocycles. The quantitative estimate of drug-likeness (QED) is 0.391. The number of benzene rings is 3. The van der Waals surface area contributed by atoms with E-state index in [0.29, 0.717) is 18.7 Å². The molecule has 5 heteroatoms. The highest BCUT2D eigenvalue weighted by Gasteiger charge is 2.32. The minimum atomic E-state index is -0.641. The number of carbonyl (C=O) groups is 2. The number of hydrogen-bond acceptors (Lipinski definition) is 3. The average Bonchev–Trinajstić information content (AvgIpc) is 3.40. The fourth-order valence-electron chi connectivity index (χ4n) is 5.03. The first kappa shape index (κ1) is 26.5. The predicted molar refractivity (Wildman–Crippen MR) is 147 cm³/mol. The molecule has 1 N–H and O–H groups in total. The summed E-state index contributed by atoms with van der Waals surface area (Å²) in [6, 6.07) is 23.4. The van der Waals surface area contributed by atoms with Gasteiger partial charge in [-0.3, -0.25) is 9.59 Å². The normalized spacial score (nSPS) is 14.2. The van der Waals surface area contributed by atoms with Crippen molar-refractivity contribution in [2.45, 2.75) is 71.5 Å². The van der Waals surface area contributed by atoms with Gasteiger partial charge >= 0.3 is 0 Å². The number of nitrogens with one attached hydrogen (secondary N) is 1. The molecule has 0 spiro atoms.